The average molecular weight is 268 g/mol. The molecular weight excluding hydrogens is 254 g/mol. The highest BCUT2D eigenvalue weighted by Crippen LogP contribution is 2.21. The van der Waals surface area contributed by atoms with Gasteiger partial charge < -0.3 is 9.64 Å². The fourth-order valence-electron chi connectivity index (χ4n) is 1.56. The van der Waals surface area contributed by atoms with E-state index < -0.39 is 14.3 Å². The SMILES string of the molecule is C=COCCCN1CC(S(=O)(=O)Cl)CC1=O. The van der Waals surface area contributed by atoms with Crippen LogP contribution in [0.5, 0.6) is 0 Å². The molecule has 1 aliphatic heterocycles. The molecule has 1 unspecified atom stereocenters. The van der Waals surface area contributed by atoms with Crippen molar-refractivity contribution in [1.29, 1.82) is 0 Å². The van der Waals surface area contributed by atoms with Crippen LogP contribution in [0.4, 0.5) is 0 Å². The molecule has 0 radical (unpaired) electrons. The van der Waals surface area contributed by atoms with Crippen LogP contribution >= 0.6 is 10.7 Å². The highest BCUT2D eigenvalue weighted by atomic mass is 35.7. The molecule has 1 aliphatic rings. The van der Waals surface area contributed by atoms with Gasteiger partial charge in [-0.25, -0.2) is 8.42 Å². The van der Waals surface area contributed by atoms with Crippen molar-refractivity contribution in [1.82, 2.24) is 4.90 Å². The van der Waals surface area contributed by atoms with Gasteiger partial charge in [-0.15, -0.1) is 0 Å². The molecule has 1 fully saturated rings. The van der Waals surface area contributed by atoms with Gasteiger partial charge in [0.25, 0.3) is 0 Å². The molecule has 0 bridgehead atoms. The quantitative estimate of drug-likeness (QED) is 0.404. The molecule has 92 valence electrons. The van der Waals surface area contributed by atoms with Crippen molar-refractivity contribution in [3.8, 4) is 0 Å². The van der Waals surface area contributed by atoms with Gasteiger partial charge in [-0.2, -0.15) is 0 Å². The van der Waals surface area contributed by atoms with Gasteiger partial charge in [0.1, 0.15) is 5.25 Å². The van der Waals surface area contributed by atoms with Gasteiger partial charge in [0.15, 0.2) is 0 Å². The molecule has 16 heavy (non-hydrogen) atoms. The predicted octanol–water partition coefficient (Wildman–Crippen LogP) is 0.706. The lowest BCUT2D eigenvalue weighted by atomic mass is 10.4. The first-order chi connectivity index (χ1) is 7.45. The first kappa shape index (κ1) is 13.3. The normalized spacial score (nSPS) is 21.2. The van der Waals surface area contributed by atoms with E-state index in [0.29, 0.717) is 19.6 Å². The van der Waals surface area contributed by atoms with Crippen molar-refractivity contribution in [2.45, 2.75) is 18.1 Å². The number of halogens is 1. The standard InChI is InChI=1S/C9H14ClNO4S/c1-2-15-5-3-4-11-7-8(6-9(11)12)16(10,13)14/h2,8H,1,3-7H2. The van der Waals surface area contributed by atoms with Crippen LogP contribution in [0.2, 0.25) is 0 Å². The smallest absolute Gasteiger partial charge is 0.237 e. The lowest BCUT2D eigenvalue weighted by Gasteiger charge is -2.15. The van der Waals surface area contributed by atoms with E-state index in [2.05, 4.69) is 6.58 Å². The van der Waals surface area contributed by atoms with Crippen LogP contribution in [0.3, 0.4) is 0 Å². The lowest BCUT2D eigenvalue weighted by Crippen LogP contribution is -2.28. The van der Waals surface area contributed by atoms with E-state index in [1.165, 1.54) is 11.2 Å². The highest BCUT2D eigenvalue weighted by molar-refractivity contribution is 8.14. The Morgan fingerprint density at radius 2 is 2.31 bits per heavy atom. The van der Waals surface area contributed by atoms with E-state index in [1.54, 1.807) is 0 Å². The molecule has 5 nitrogen and oxygen atoms in total. The maximum absolute atomic E-state index is 11.4. The molecule has 0 N–H and O–H groups in total. The minimum absolute atomic E-state index is 0.0197. The topological polar surface area (TPSA) is 63.7 Å². The molecule has 1 amide bonds. The Bertz CT molecular complexity index is 368. The van der Waals surface area contributed by atoms with Gasteiger partial charge in [0.05, 0.1) is 12.9 Å². The van der Waals surface area contributed by atoms with Gasteiger partial charge >= 0.3 is 0 Å². The molecule has 0 spiro atoms. The lowest BCUT2D eigenvalue weighted by molar-refractivity contribution is -0.127. The molecule has 1 heterocycles. The second-order valence-corrected chi connectivity index (χ2v) is 6.44. The molecule has 0 aliphatic carbocycles. The van der Waals surface area contributed by atoms with Gasteiger partial charge in [0, 0.05) is 30.2 Å². The van der Waals surface area contributed by atoms with E-state index in [1.807, 2.05) is 0 Å². The van der Waals surface area contributed by atoms with Crippen molar-refractivity contribution >= 4 is 25.6 Å². The van der Waals surface area contributed by atoms with Crippen LogP contribution in [0.1, 0.15) is 12.8 Å². The van der Waals surface area contributed by atoms with Crippen LogP contribution < -0.4 is 0 Å². The Balaban J connectivity index is 2.40. The molecule has 0 aromatic rings. The summed E-state index contributed by atoms with van der Waals surface area (Å²) in [6, 6.07) is 0. The number of likely N-dealkylation sites (tertiary alicyclic amines) is 1. The third-order valence-corrected chi connectivity index (χ3v) is 4.25. The summed E-state index contributed by atoms with van der Waals surface area (Å²) in [6.45, 7) is 4.51. The zero-order chi connectivity index (χ0) is 12.2. The van der Waals surface area contributed by atoms with Gasteiger partial charge in [-0.1, -0.05) is 6.58 Å². The number of nitrogens with zero attached hydrogens (tertiary/aromatic N) is 1. The molecular formula is C9H14ClNO4S. The van der Waals surface area contributed by atoms with E-state index in [-0.39, 0.29) is 18.9 Å². The summed E-state index contributed by atoms with van der Waals surface area (Å²) in [5.41, 5.74) is 0. The van der Waals surface area contributed by atoms with Crippen LogP contribution in [-0.4, -0.2) is 44.2 Å². The Morgan fingerprint density at radius 1 is 1.62 bits per heavy atom. The maximum Gasteiger partial charge on any atom is 0.237 e. The molecule has 0 aromatic heterocycles. The first-order valence-electron chi connectivity index (χ1n) is 4.89. The van der Waals surface area contributed by atoms with E-state index >= 15 is 0 Å². The summed E-state index contributed by atoms with van der Waals surface area (Å²) < 4.78 is 27.0. The van der Waals surface area contributed by atoms with Crippen molar-refractivity contribution in [3.63, 3.8) is 0 Å². The largest absolute Gasteiger partial charge is 0.502 e. The fraction of sp³-hybridized carbons (Fsp3) is 0.667. The molecule has 1 saturated heterocycles. The predicted molar refractivity (Wildman–Crippen MR) is 60.5 cm³/mol. The maximum atomic E-state index is 11.4. The van der Waals surface area contributed by atoms with Crippen molar-refractivity contribution in [2.24, 2.45) is 0 Å². The number of carbonyl (C=O) groups excluding carboxylic acids is 1. The Morgan fingerprint density at radius 3 is 2.81 bits per heavy atom. The molecule has 1 atom stereocenters. The number of ether oxygens (including phenoxy) is 1. The minimum atomic E-state index is -3.64. The van der Waals surface area contributed by atoms with Crippen LogP contribution in [0, 0.1) is 0 Å². The van der Waals surface area contributed by atoms with Gasteiger partial charge in [0.2, 0.25) is 15.0 Å². The zero-order valence-electron chi connectivity index (χ0n) is 8.76. The molecule has 0 saturated carbocycles. The summed E-state index contributed by atoms with van der Waals surface area (Å²) in [4.78, 5) is 12.9. The number of amides is 1. The van der Waals surface area contributed by atoms with E-state index in [0.717, 1.165) is 0 Å². The summed E-state index contributed by atoms with van der Waals surface area (Å²) in [5.74, 6) is -0.173. The third-order valence-electron chi connectivity index (χ3n) is 2.39. The van der Waals surface area contributed by atoms with E-state index in [9.17, 15) is 13.2 Å². The summed E-state index contributed by atoms with van der Waals surface area (Å²) in [7, 11) is 1.57. The monoisotopic (exact) mass is 267 g/mol. The number of rotatable bonds is 6. The molecule has 7 heteroatoms. The van der Waals surface area contributed by atoms with Crippen molar-refractivity contribution in [2.75, 3.05) is 19.7 Å². The zero-order valence-corrected chi connectivity index (χ0v) is 10.3. The van der Waals surface area contributed by atoms with Crippen LogP contribution in [0.25, 0.3) is 0 Å². The van der Waals surface area contributed by atoms with Gasteiger partial charge in [-0.3, -0.25) is 4.79 Å². The van der Waals surface area contributed by atoms with Crippen LogP contribution in [-0.2, 0) is 18.6 Å². The Hall–Kier alpha value is -0.750. The Labute approximate surface area is 99.4 Å². The summed E-state index contributed by atoms with van der Waals surface area (Å²) >= 11 is 0. The number of hydrogen-bond acceptors (Lipinski definition) is 4. The van der Waals surface area contributed by atoms with Gasteiger partial charge in [-0.05, 0) is 6.42 Å². The molecule has 1 rings (SSSR count). The Kier molecular flexibility index (Phi) is 4.61. The van der Waals surface area contributed by atoms with Crippen molar-refractivity contribution < 1.29 is 17.9 Å². The summed E-state index contributed by atoms with van der Waals surface area (Å²) in [6.07, 6.45) is 1.96. The van der Waals surface area contributed by atoms with Crippen LogP contribution in [0.15, 0.2) is 12.8 Å². The summed E-state index contributed by atoms with van der Waals surface area (Å²) in [5, 5.41) is -0.776. The fourth-order valence-corrected chi connectivity index (χ4v) is 2.62. The van der Waals surface area contributed by atoms with Crippen molar-refractivity contribution in [3.05, 3.63) is 12.8 Å². The first-order valence-corrected chi connectivity index (χ1v) is 7.26. The highest BCUT2D eigenvalue weighted by Gasteiger charge is 2.36. The molecule has 0 aromatic carbocycles. The average Bonchev–Trinajstić information content (AvgIpc) is 2.55. The minimum Gasteiger partial charge on any atom is -0.502 e. The second kappa shape index (κ2) is 5.54. The van der Waals surface area contributed by atoms with E-state index in [4.69, 9.17) is 15.4 Å². The second-order valence-electron chi connectivity index (χ2n) is 3.53. The number of hydrogen-bond donors (Lipinski definition) is 0. The third kappa shape index (κ3) is 3.68. The number of carbonyl (C=O) groups is 1.